The summed E-state index contributed by atoms with van der Waals surface area (Å²) in [5, 5.41) is 16.9. The molecule has 3 amide bonds. The number of amides is 3. The van der Waals surface area contributed by atoms with Crippen molar-refractivity contribution in [3.8, 4) is 0 Å². The number of imidazole rings is 1. The summed E-state index contributed by atoms with van der Waals surface area (Å²) in [6.07, 6.45) is 4.77. The van der Waals surface area contributed by atoms with Crippen molar-refractivity contribution in [1.29, 1.82) is 0 Å². The van der Waals surface area contributed by atoms with Gasteiger partial charge in [-0.2, -0.15) is 0 Å². The molecule has 12 heteroatoms. The number of aromatic nitrogens is 2. The lowest BCUT2D eigenvalue weighted by Crippen LogP contribution is -2.57. The first-order valence-electron chi connectivity index (χ1n) is 10.6. The van der Waals surface area contributed by atoms with E-state index in [4.69, 9.17) is 11.5 Å². The average Bonchev–Trinajstić information content (AvgIpc) is 3.23. The quantitative estimate of drug-likeness (QED) is 0.167. The van der Waals surface area contributed by atoms with Crippen LogP contribution in [0.25, 0.3) is 0 Å². The van der Waals surface area contributed by atoms with E-state index in [0.717, 1.165) is 6.42 Å². The highest BCUT2D eigenvalue weighted by Crippen LogP contribution is 2.06. The van der Waals surface area contributed by atoms with Crippen LogP contribution in [0.1, 0.15) is 45.7 Å². The van der Waals surface area contributed by atoms with Gasteiger partial charge in [-0.15, -0.1) is 0 Å². The normalized spacial score (nSPS) is 14.8. The molecule has 4 atom stereocenters. The molecule has 0 spiro atoms. The number of carbonyl (C=O) groups is 4. The van der Waals surface area contributed by atoms with Crippen molar-refractivity contribution >= 4 is 23.7 Å². The Morgan fingerprint density at radius 1 is 1.06 bits per heavy atom. The molecule has 1 aromatic rings. The SMILES string of the molecule is CC(NC(=O)C(NC(=O)C(N)CCCCN)C(C)C)C(=O)NC(Cc1cnc[nH]1)C(=O)O. The summed E-state index contributed by atoms with van der Waals surface area (Å²) < 4.78 is 0. The molecule has 1 heterocycles. The summed E-state index contributed by atoms with van der Waals surface area (Å²) in [6.45, 7) is 5.44. The van der Waals surface area contributed by atoms with Crippen molar-refractivity contribution in [2.45, 2.75) is 70.6 Å². The zero-order valence-corrected chi connectivity index (χ0v) is 18.8. The fourth-order valence-corrected chi connectivity index (χ4v) is 2.92. The van der Waals surface area contributed by atoms with E-state index in [2.05, 4.69) is 25.9 Å². The predicted molar refractivity (Wildman–Crippen MR) is 117 cm³/mol. The van der Waals surface area contributed by atoms with Crippen molar-refractivity contribution in [2.75, 3.05) is 6.54 Å². The standard InChI is InChI=1S/C20H35N7O5/c1-11(2)16(27-18(29)14(22)6-4-5-7-21)19(30)25-12(3)17(28)26-15(20(31)32)8-13-9-23-10-24-13/h9-12,14-16H,4-8,21-22H2,1-3H3,(H,23,24)(H,25,30)(H,26,28)(H,27,29)(H,31,32). The number of unbranched alkanes of at least 4 members (excludes halogenated alkanes) is 1. The molecule has 0 aliphatic heterocycles. The summed E-state index contributed by atoms with van der Waals surface area (Å²) >= 11 is 0. The maximum absolute atomic E-state index is 12.7. The van der Waals surface area contributed by atoms with E-state index >= 15 is 0 Å². The maximum Gasteiger partial charge on any atom is 0.326 e. The lowest BCUT2D eigenvalue weighted by molar-refractivity contribution is -0.142. The van der Waals surface area contributed by atoms with E-state index in [9.17, 15) is 24.3 Å². The minimum atomic E-state index is -1.22. The van der Waals surface area contributed by atoms with Gasteiger partial charge < -0.3 is 37.5 Å². The smallest absolute Gasteiger partial charge is 0.326 e. The van der Waals surface area contributed by atoms with Crippen molar-refractivity contribution in [1.82, 2.24) is 25.9 Å². The van der Waals surface area contributed by atoms with Crippen LogP contribution in [-0.4, -0.2) is 69.5 Å². The van der Waals surface area contributed by atoms with Crippen LogP contribution in [0.2, 0.25) is 0 Å². The number of hydrogen-bond acceptors (Lipinski definition) is 7. The van der Waals surface area contributed by atoms with Crippen LogP contribution in [0.4, 0.5) is 0 Å². The van der Waals surface area contributed by atoms with E-state index < -0.39 is 47.9 Å². The molecule has 1 aromatic heterocycles. The second kappa shape index (κ2) is 13.4. The minimum Gasteiger partial charge on any atom is -0.480 e. The number of nitrogens with one attached hydrogen (secondary N) is 4. The van der Waals surface area contributed by atoms with Crippen LogP contribution < -0.4 is 27.4 Å². The summed E-state index contributed by atoms with van der Waals surface area (Å²) in [4.78, 5) is 55.6. The number of carboxylic acid groups (broad SMARTS) is 1. The monoisotopic (exact) mass is 453 g/mol. The molecule has 180 valence electrons. The zero-order valence-electron chi connectivity index (χ0n) is 18.8. The Morgan fingerprint density at radius 2 is 1.75 bits per heavy atom. The van der Waals surface area contributed by atoms with Gasteiger partial charge in [-0.25, -0.2) is 9.78 Å². The van der Waals surface area contributed by atoms with Gasteiger partial charge in [0.05, 0.1) is 12.4 Å². The number of hydrogen-bond donors (Lipinski definition) is 7. The Balaban J connectivity index is 2.67. The van der Waals surface area contributed by atoms with Crippen molar-refractivity contribution < 1.29 is 24.3 Å². The van der Waals surface area contributed by atoms with Crippen LogP contribution in [0.5, 0.6) is 0 Å². The molecule has 0 fully saturated rings. The van der Waals surface area contributed by atoms with Crippen LogP contribution in [0, 0.1) is 5.92 Å². The van der Waals surface area contributed by atoms with Gasteiger partial charge in [-0.05, 0) is 32.2 Å². The summed E-state index contributed by atoms with van der Waals surface area (Å²) in [7, 11) is 0. The molecule has 32 heavy (non-hydrogen) atoms. The number of carboxylic acids is 1. The second-order valence-electron chi connectivity index (χ2n) is 8.03. The fraction of sp³-hybridized carbons (Fsp3) is 0.650. The molecule has 4 unspecified atom stereocenters. The van der Waals surface area contributed by atoms with Gasteiger partial charge in [-0.3, -0.25) is 14.4 Å². The van der Waals surface area contributed by atoms with Crippen LogP contribution in [0.3, 0.4) is 0 Å². The molecular weight excluding hydrogens is 418 g/mol. The van der Waals surface area contributed by atoms with Gasteiger partial charge in [0, 0.05) is 18.3 Å². The zero-order chi connectivity index (χ0) is 24.3. The van der Waals surface area contributed by atoms with Crippen LogP contribution in [-0.2, 0) is 25.6 Å². The van der Waals surface area contributed by atoms with Gasteiger partial charge in [-0.1, -0.05) is 20.3 Å². The molecule has 0 bridgehead atoms. The van der Waals surface area contributed by atoms with Gasteiger partial charge in [0.2, 0.25) is 17.7 Å². The Morgan fingerprint density at radius 3 is 2.28 bits per heavy atom. The number of aromatic amines is 1. The minimum absolute atomic E-state index is 0.00839. The Bertz CT molecular complexity index is 754. The van der Waals surface area contributed by atoms with E-state index in [1.165, 1.54) is 19.4 Å². The highest BCUT2D eigenvalue weighted by molar-refractivity contribution is 5.94. The molecule has 0 aromatic carbocycles. The molecule has 0 saturated heterocycles. The number of nitrogens with two attached hydrogens (primary N) is 2. The maximum atomic E-state index is 12.7. The van der Waals surface area contributed by atoms with Gasteiger partial charge in [0.1, 0.15) is 18.1 Å². The number of aliphatic carboxylic acids is 1. The number of nitrogens with zero attached hydrogens (tertiary/aromatic N) is 1. The van der Waals surface area contributed by atoms with Gasteiger partial charge >= 0.3 is 5.97 Å². The highest BCUT2D eigenvalue weighted by atomic mass is 16.4. The fourth-order valence-electron chi connectivity index (χ4n) is 2.92. The number of carbonyl (C=O) groups excluding carboxylic acids is 3. The predicted octanol–water partition coefficient (Wildman–Crippen LogP) is -1.38. The Hall–Kier alpha value is -2.99. The van der Waals surface area contributed by atoms with Gasteiger partial charge in [0.15, 0.2) is 0 Å². The molecule has 9 N–H and O–H groups in total. The molecule has 1 rings (SSSR count). The molecule has 0 aliphatic carbocycles. The van der Waals surface area contributed by atoms with Crippen LogP contribution in [0.15, 0.2) is 12.5 Å². The third kappa shape index (κ3) is 9.02. The first-order chi connectivity index (χ1) is 15.1. The lowest BCUT2D eigenvalue weighted by Gasteiger charge is -2.25. The molecular formula is C20H35N7O5. The Labute approximate surface area is 187 Å². The van der Waals surface area contributed by atoms with Crippen molar-refractivity contribution in [2.24, 2.45) is 17.4 Å². The van der Waals surface area contributed by atoms with Gasteiger partial charge in [0.25, 0.3) is 0 Å². The largest absolute Gasteiger partial charge is 0.480 e. The van der Waals surface area contributed by atoms with E-state index in [0.29, 0.717) is 25.1 Å². The summed E-state index contributed by atoms with van der Waals surface area (Å²) in [5.41, 5.74) is 11.9. The van der Waals surface area contributed by atoms with Crippen LogP contribution >= 0.6 is 0 Å². The third-order valence-corrected chi connectivity index (χ3v) is 4.90. The molecule has 0 radical (unpaired) electrons. The van der Waals surface area contributed by atoms with Crippen molar-refractivity contribution in [3.05, 3.63) is 18.2 Å². The van der Waals surface area contributed by atoms with E-state index in [-0.39, 0.29) is 12.3 Å². The third-order valence-electron chi connectivity index (χ3n) is 4.90. The molecule has 12 nitrogen and oxygen atoms in total. The first-order valence-corrected chi connectivity index (χ1v) is 10.6. The first kappa shape index (κ1) is 27.0. The number of H-pyrrole nitrogens is 1. The van der Waals surface area contributed by atoms with E-state index in [1.54, 1.807) is 13.8 Å². The number of rotatable bonds is 14. The highest BCUT2D eigenvalue weighted by Gasteiger charge is 2.30. The Kier molecular flexibility index (Phi) is 11.3. The average molecular weight is 454 g/mol. The lowest BCUT2D eigenvalue weighted by atomic mass is 10.0. The summed E-state index contributed by atoms with van der Waals surface area (Å²) in [5.74, 6) is -3.18. The van der Waals surface area contributed by atoms with Crippen molar-refractivity contribution in [3.63, 3.8) is 0 Å². The van der Waals surface area contributed by atoms with E-state index in [1.807, 2.05) is 0 Å². The molecule has 0 aliphatic rings. The second-order valence-corrected chi connectivity index (χ2v) is 8.03. The topological polar surface area (TPSA) is 205 Å². The molecule has 0 saturated carbocycles. The summed E-state index contributed by atoms with van der Waals surface area (Å²) in [6, 6.07) is -3.90.